The van der Waals surface area contributed by atoms with E-state index in [1.165, 1.54) is 0 Å². The highest BCUT2D eigenvalue weighted by Gasteiger charge is 2.13. The number of furan rings is 1. The maximum Gasteiger partial charge on any atom is 0.294 e. The number of thiazole rings is 1. The number of rotatable bonds is 3. The minimum atomic E-state index is -0.245. The highest BCUT2D eigenvalue weighted by Crippen LogP contribution is 2.26. The maximum atomic E-state index is 12.1. The van der Waals surface area contributed by atoms with Gasteiger partial charge in [-0.15, -0.1) is 11.3 Å². The van der Waals surface area contributed by atoms with Crippen molar-refractivity contribution in [3.8, 4) is 0 Å². The van der Waals surface area contributed by atoms with E-state index < -0.39 is 0 Å². The second kappa shape index (κ2) is 5.01. The van der Waals surface area contributed by atoms with Crippen LogP contribution < -0.4 is 5.56 Å². The van der Waals surface area contributed by atoms with Crippen molar-refractivity contribution in [2.45, 2.75) is 10.1 Å². The van der Waals surface area contributed by atoms with E-state index in [1.807, 2.05) is 29.6 Å². The van der Waals surface area contributed by atoms with Gasteiger partial charge in [-0.1, -0.05) is 23.9 Å². The van der Waals surface area contributed by atoms with Crippen LogP contribution >= 0.6 is 23.1 Å². The molecule has 1 aromatic carbocycles. The molecule has 3 heterocycles. The van der Waals surface area contributed by atoms with Gasteiger partial charge in [0.05, 0.1) is 5.75 Å². The molecule has 5 nitrogen and oxygen atoms in total. The van der Waals surface area contributed by atoms with Gasteiger partial charge >= 0.3 is 0 Å². The lowest BCUT2D eigenvalue weighted by molar-refractivity contribution is 0.660. The van der Waals surface area contributed by atoms with Crippen LogP contribution in [0.3, 0.4) is 0 Å². The van der Waals surface area contributed by atoms with Gasteiger partial charge in [0.15, 0.2) is 0 Å². The Morgan fingerprint density at radius 3 is 3.10 bits per heavy atom. The van der Waals surface area contributed by atoms with Gasteiger partial charge in [0.25, 0.3) is 5.56 Å². The molecule has 21 heavy (non-hydrogen) atoms. The molecule has 4 aromatic rings. The van der Waals surface area contributed by atoms with Crippen LogP contribution in [0.2, 0.25) is 0 Å². The summed E-state index contributed by atoms with van der Waals surface area (Å²) >= 11 is 3.12. The number of nitrogens with one attached hydrogen (secondary N) is 1. The third-order valence-electron chi connectivity index (χ3n) is 3.02. The topological polar surface area (TPSA) is 71.8 Å². The lowest BCUT2D eigenvalue weighted by Gasteiger charge is -1.98. The molecule has 0 atom stereocenters. The van der Waals surface area contributed by atoms with E-state index in [0.717, 1.165) is 9.73 Å². The number of aromatic amines is 1. The smallest absolute Gasteiger partial charge is 0.294 e. The van der Waals surface area contributed by atoms with Crippen LogP contribution in [0.1, 0.15) is 5.82 Å². The number of para-hydroxylation sites is 1. The van der Waals surface area contributed by atoms with Gasteiger partial charge in [0.1, 0.15) is 21.3 Å². The van der Waals surface area contributed by atoms with Gasteiger partial charge in [-0.2, -0.15) is 0 Å². The van der Waals surface area contributed by atoms with Crippen LogP contribution in [-0.2, 0) is 5.75 Å². The third kappa shape index (κ3) is 2.24. The average molecular weight is 315 g/mol. The highest BCUT2D eigenvalue weighted by molar-refractivity contribution is 8.00. The minimum absolute atomic E-state index is 0.245. The Labute approximate surface area is 127 Å². The molecule has 0 aliphatic rings. The van der Waals surface area contributed by atoms with Crippen molar-refractivity contribution in [2.24, 2.45) is 0 Å². The Morgan fingerprint density at radius 1 is 1.33 bits per heavy atom. The fourth-order valence-corrected chi connectivity index (χ4v) is 3.64. The zero-order valence-electron chi connectivity index (χ0n) is 10.7. The normalized spacial score (nSPS) is 11.4. The van der Waals surface area contributed by atoms with Crippen molar-refractivity contribution in [1.29, 1.82) is 0 Å². The third-order valence-corrected chi connectivity index (χ3v) is 5.00. The minimum Gasteiger partial charge on any atom is -0.449 e. The molecule has 7 heteroatoms. The van der Waals surface area contributed by atoms with E-state index >= 15 is 0 Å². The van der Waals surface area contributed by atoms with E-state index in [9.17, 15) is 4.79 Å². The van der Waals surface area contributed by atoms with Crippen molar-refractivity contribution in [3.63, 3.8) is 0 Å². The van der Waals surface area contributed by atoms with Crippen LogP contribution in [0.25, 0.3) is 22.1 Å². The largest absolute Gasteiger partial charge is 0.449 e. The van der Waals surface area contributed by atoms with Crippen LogP contribution in [-0.4, -0.2) is 15.0 Å². The molecule has 0 aliphatic carbocycles. The summed E-state index contributed by atoms with van der Waals surface area (Å²) in [7, 11) is 0. The Bertz CT molecular complexity index is 973. The molecule has 0 saturated carbocycles. The van der Waals surface area contributed by atoms with Crippen molar-refractivity contribution in [3.05, 3.63) is 52.0 Å². The van der Waals surface area contributed by atoms with Gasteiger partial charge in [-0.05, 0) is 12.1 Å². The molecular formula is C14H9N3O2S2. The monoisotopic (exact) mass is 315 g/mol. The lowest BCUT2D eigenvalue weighted by atomic mass is 10.2. The van der Waals surface area contributed by atoms with E-state index in [2.05, 4.69) is 15.0 Å². The van der Waals surface area contributed by atoms with Crippen LogP contribution in [0.5, 0.6) is 0 Å². The molecule has 0 amide bonds. The van der Waals surface area contributed by atoms with E-state index in [1.54, 1.807) is 29.3 Å². The van der Waals surface area contributed by atoms with Gasteiger partial charge in [-0.25, -0.2) is 9.97 Å². The second-order valence-corrected chi connectivity index (χ2v) is 6.49. The van der Waals surface area contributed by atoms with Crippen molar-refractivity contribution in [2.75, 3.05) is 0 Å². The summed E-state index contributed by atoms with van der Waals surface area (Å²) < 4.78 is 6.52. The molecular weight excluding hydrogens is 306 g/mol. The molecule has 104 valence electrons. The summed E-state index contributed by atoms with van der Waals surface area (Å²) in [5.41, 5.74) is 1.32. The Morgan fingerprint density at radius 2 is 2.24 bits per heavy atom. The fourth-order valence-electron chi connectivity index (χ4n) is 2.13. The van der Waals surface area contributed by atoms with Crippen LogP contribution in [0, 0.1) is 0 Å². The summed E-state index contributed by atoms with van der Waals surface area (Å²) in [6, 6.07) is 7.52. The number of H-pyrrole nitrogens is 1. The number of hydrogen-bond donors (Lipinski definition) is 1. The van der Waals surface area contributed by atoms with Crippen molar-refractivity contribution >= 4 is 45.2 Å². The van der Waals surface area contributed by atoms with E-state index in [4.69, 9.17) is 4.42 Å². The Kier molecular flexibility index (Phi) is 3.01. The first-order chi connectivity index (χ1) is 10.3. The number of benzene rings is 1. The number of aromatic nitrogens is 3. The zero-order chi connectivity index (χ0) is 14.2. The van der Waals surface area contributed by atoms with E-state index in [-0.39, 0.29) is 11.1 Å². The molecule has 0 aliphatic heterocycles. The predicted octanol–water partition coefficient (Wildman–Crippen LogP) is 3.42. The molecule has 0 unspecified atom stereocenters. The lowest BCUT2D eigenvalue weighted by Crippen LogP contribution is -2.10. The molecule has 0 saturated heterocycles. The Balaban J connectivity index is 1.80. The first-order valence-electron chi connectivity index (χ1n) is 6.24. The fraction of sp³-hybridized carbons (Fsp3) is 0.0714. The van der Waals surface area contributed by atoms with Gasteiger partial charge in [0, 0.05) is 17.0 Å². The van der Waals surface area contributed by atoms with Crippen molar-refractivity contribution in [1.82, 2.24) is 15.0 Å². The summed E-state index contributed by atoms with van der Waals surface area (Å²) in [6.45, 7) is 0. The standard InChI is InChI=1S/C14H9N3O2S2/c18-13-12-11(8-3-1-2-4-9(8)19-12)16-10(17-13)7-21-14-15-5-6-20-14/h1-6H,7H2,(H,16,17,18). The summed E-state index contributed by atoms with van der Waals surface area (Å²) in [5, 5.41) is 2.78. The first kappa shape index (κ1) is 12.6. The van der Waals surface area contributed by atoms with Crippen LogP contribution in [0.15, 0.2) is 49.4 Å². The molecule has 0 radical (unpaired) electrons. The predicted molar refractivity (Wildman–Crippen MR) is 83.8 cm³/mol. The molecule has 1 N–H and O–H groups in total. The van der Waals surface area contributed by atoms with Gasteiger partial charge in [-0.3, -0.25) is 4.79 Å². The first-order valence-corrected chi connectivity index (χ1v) is 8.10. The summed E-state index contributed by atoms with van der Waals surface area (Å²) in [5.74, 6) is 1.19. The van der Waals surface area contributed by atoms with Crippen molar-refractivity contribution < 1.29 is 4.42 Å². The van der Waals surface area contributed by atoms with Gasteiger partial charge in [0.2, 0.25) is 5.58 Å². The molecule has 0 fully saturated rings. The number of nitrogens with zero attached hydrogens (tertiary/aromatic N) is 2. The summed E-state index contributed by atoms with van der Waals surface area (Å²) in [4.78, 5) is 23.6. The van der Waals surface area contributed by atoms with Gasteiger partial charge < -0.3 is 9.40 Å². The zero-order valence-corrected chi connectivity index (χ0v) is 12.3. The number of thioether (sulfide) groups is 1. The molecule has 0 spiro atoms. The van der Waals surface area contributed by atoms with Crippen LogP contribution in [0.4, 0.5) is 0 Å². The molecule has 3 aromatic heterocycles. The number of hydrogen-bond acceptors (Lipinski definition) is 6. The second-order valence-electron chi connectivity index (χ2n) is 4.38. The maximum absolute atomic E-state index is 12.1. The Hall–Kier alpha value is -2.12. The molecule has 4 rings (SSSR count). The molecule has 0 bridgehead atoms. The quantitative estimate of drug-likeness (QED) is 0.587. The SMILES string of the molecule is O=c1[nH]c(CSc2nccs2)nc2c1oc1ccccc12. The number of fused-ring (bicyclic) bond motifs is 3. The summed E-state index contributed by atoms with van der Waals surface area (Å²) in [6.07, 6.45) is 1.76. The van der Waals surface area contributed by atoms with E-state index in [0.29, 0.717) is 22.7 Å². The average Bonchev–Trinajstić information content (AvgIpc) is 3.13. The highest BCUT2D eigenvalue weighted by atomic mass is 32.2.